The molecule has 0 atom stereocenters. The zero-order valence-electron chi connectivity index (χ0n) is 16.5. The van der Waals surface area contributed by atoms with Gasteiger partial charge in [-0.05, 0) is 50.6 Å². The second-order valence-corrected chi connectivity index (χ2v) is 8.17. The first-order valence-electron chi connectivity index (χ1n) is 9.87. The Morgan fingerprint density at radius 2 is 1.74 bits per heavy atom. The van der Waals surface area contributed by atoms with Gasteiger partial charge in [-0.2, -0.15) is 0 Å². The maximum atomic E-state index is 12.7. The monoisotopic (exact) mass is 393 g/mol. The predicted octanol–water partition coefficient (Wildman–Crippen LogP) is 3.32. The van der Waals surface area contributed by atoms with E-state index < -0.39 is 0 Å². The maximum Gasteiger partial charge on any atom is 0.242 e. The molecule has 0 aromatic heterocycles. The smallest absolute Gasteiger partial charge is 0.242 e. The average Bonchev–Trinajstić information content (AvgIpc) is 2.65. The first kappa shape index (κ1) is 21.7. The van der Waals surface area contributed by atoms with E-state index in [0.717, 1.165) is 24.9 Å². The van der Waals surface area contributed by atoms with Crippen LogP contribution in [0.15, 0.2) is 24.3 Å². The summed E-state index contributed by atoms with van der Waals surface area (Å²) in [5.74, 6) is 0.422. The van der Waals surface area contributed by atoms with Crippen molar-refractivity contribution < 1.29 is 9.59 Å². The summed E-state index contributed by atoms with van der Waals surface area (Å²) >= 11 is 5.94. The van der Waals surface area contributed by atoms with Gasteiger partial charge in [-0.1, -0.05) is 43.0 Å². The number of benzene rings is 1. The highest BCUT2D eigenvalue weighted by Gasteiger charge is 2.19. The molecule has 0 spiro atoms. The van der Waals surface area contributed by atoms with E-state index in [4.69, 9.17) is 11.6 Å². The van der Waals surface area contributed by atoms with Crippen LogP contribution in [0, 0.1) is 5.92 Å². The van der Waals surface area contributed by atoms with E-state index in [9.17, 15) is 9.59 Å². The SMILES string of the molecule is CN(C)CCN(Cc1ccc(Cl)cc1)C(=O)CNC(=O)CC1CCCCC1. The van der Waals surface area contributed by atoms with Gasteiger partial charge >= 0.3 is 0 Å². The van der Waals surface area contributed by atoms with Gasteiger partial charge in [0.15, 0.2) is 0 Å². The van der Waals surface area contributed by atoms with E-state index in [1.165, 1.54) is 19.3 Å². The molecule has 1 aliphatic carbocycles. The van der Waals surface area contributed by atoms with Crippen LogP contribution in [0.4, 0.5) is 0 Å². The Hall–Kier alpha value is -1.59. The first-order chi connectivity index (χ1) is 12.9. The topological polar surface area (TPSA) is 52.6 Å². The standard InChI is InChI=1S/C21H32ClN3O2/c1-24(2)12-13-25(16-18-8-10-19(22)11-9-18)21(27)15-23-20(26)14-17-6-4-3-5-7-17/h8-11,17H,3-7,12-16H2,1-2H3,(H,23,26). The Balaban J connectivity index is 1.85. The van der Waals surface area contributed by atoms with Crippen molar-refractivity contribution in [2.24, 2.45) is 5.92 Å². The number of carbonyl (C=O) groups excluding carboxylic acids is 2. The molecule has 0 bridgehead atoms. The van der Waals surface area contributed by atoms with Crippen LogP contribution in [-0.2, 0) is 16.1 Å². The molecular weight excluding hydrogens is 362 g/mol. The molecule has 1 N–H and O–H groups in total. The summed E-state index contributed by atoms with van der Waals surface area (Å²) in [6.45, 7) is 1.97. The van der Waals surface area contributed by atoms with Crippen molar-refractivity contribution in [1.29, 1.82) is 0 Å². The molecule has 27 heavy (non-hydrogen) atoms. The third kappa shape index (κ3) is 8.31. The Kier molecular flexibility index (Phi) is 9.08. The number of nitrogens with zero attached hydrogens (tertiary/aromatic N) is 2. The summed E-state index contributed by atoms with van der Waals surface area (Å²) in [7, 11) is 3.97. The number of nitrogens with one attached hydrogen (secondary N) is 1. The van der Waals surface area contributed by atoms with Crippen molar-refractivity contribution in [3.05, 3.63) is 34.9 Å². The van der Waals surface area contributed by atoms with Crippen LogP contribution in [0.3, 0.4) is 0 Å². The highest BCUT2D eigenvalue weighted by atomic mass is 35.5. The molecule has 1 aliphatic rings. The number of hydrogen-bond donors (Lipinski definition) is 1. The summed E-state index contributed by atoms with van der Waals surface area (Å²) in [6, 6.07) is 7.52. The molecule has 2 amide bonds. The van der Waals surface area contributed by atoms with Crippen LogP contribution in [0.2, 0.25) is 5.02 Å². The number of amides is 2. The lowest BCUT2D eigenvalue weighted by Crippen LogP contribution is -2.42. The minimum atomic E-state index is -0.0520. The highest BCUT2D eigenvalue weighted by molar-refractivity contribution is 6.30. The van der Waals surface area contributed by atoms with Crippen molar-refractivity contribution in [1.82, 2.24) is 15.1 Å². The Morgan fingerprint density at radius 3 is 2.37 bits per heavy atom. The Labute approximate surface area is 168 Å². The fourth-order valence-electron chi connectivity index (χ4n) is 3.43. The molecule has 2 rings (SSSR count). The molecule has 0 unspecified atom stereocenters. The molecule has 0 radical (unpaired) electrons. The summed E-state index contributed by atoms with van der Waals surface area (Å²) in [4.78, 5) is 28.7. The second-order valence-electron chi connectivity index (χ2n) is 7.73. The van der Waals surface area contributed by atoms with Crippen LogP contribution in [-0.4, -0.2) is 55.3 Å². The molecule has 5 nitrogen and oxygen atoms in total. The van der Waals surface area contributed by atoms with Crippen LogP contribution in [0.5, 0.6) is 0 Å². The number of hydrogen-bond acceptors (Lipinski definition) is 3. The normalized spacial score (nSPS) is 15.0. The average molecular weight is 394 g/mol. The summed E-state index contributed by atoms with van der Waals surface area (Å²) < 4.78 is 0. The first-order valence-corrected chi connectivity index (χ1v) is 10.3. The molecular formula is C21H32ClN3O2. The third-order valence-corrected chi connectivity index (χ3v) is 5.34. The minimum Gasteiger partial charge on any atom is -0.347 e. The predicted molar refractivity (Wildman–Crippen MR) is 110 cm³/mol. The van der Waals surface area contributed by atoms with Gasteiger partial charge < -0.3 is 15.1 Å². The fourth-order valence-corrected chi connectivity index (χ4v) is 3.56. The van der Waals surface area contributed by atoms with Crippen LogP contribution in [0.25, 0.3) is 0 Å². The van der Waals surface area contributed by atoms with Gasteiger partial charge in [0.1, 0.15) is 0 Å². The van der Waals surface area contributed by atoms with E-state index in [2.05, 4.69) is 5.32 Å². The number of rotatable bonds is 9. The van der Waals surface area contributed by atoms with E-state index in [-0.39, 0.29) is 18.4 Å². The minimum absolute atomic E-state index is 0.00528. The maximum absolute atomic E-state index is 12.7. The molecule has 0 heterocycles. The molecule has 0 aliphatic heterocycles. The quantitative estimate of drug-likeness (QED) is 0.700. The lowest BCUT2D eigenvalue weighted by atomic mass is 9.87. The number of halogens is 1. The van der Waals surface area contributed by atoms with Gasteiger partial charge in [0.05, 0.1) is 6.54 Å². The highest BCUT2D eigenvalue weighted by Crippen LogP contribution is 2.26. The Bertz CT molecular complexity index is 598. The van der Waals surface area contributed by atoms with Crippen LogP contribution < -0.4 is 5.32 Å². The van der Waals surface area contributed by atoms with Gasteiger partial charge in [-0.15, -0.1) is 0 Å². The number of carbonyl (C=O) groups is 2. The van der Waals surface area contributed by atoms with Gasteiger partial charge in [0.25, 0.3) is 0 Å². The van der Waals surface area contributed by atoms with Crippen LogP contribution in [0.1, 0.15) is 44.1 Å². The third-order valence-electron chi connectivity index (χ3n) is 5.09. The van der Waals surface area contributed by atoms with Gasteiger partial charge in [-0.25, -0.2) is 0 Å². The number of likely N-dealkylation sites (N-methyl/N-ethyl adjacent to an activating group) is 1. The van der Waals surface area contributed by atoms with Crippen molar-refractivity contribution in [2.45, 2.75) is 45.1 Å². The molecule has 150 valence electrons. The molecule has 0 saturated heterocycles. The largest absolute Gasteiger partial charge is 0.347 e. The van der Waals surface area contributed by atoms with Gasteiger partial charge in [0, 0.05) is 31.1 Å². The molecule has 6 heteroatoms. The van der Waals surface area contributed by atoms with E-state index in [1.54, 1.807) is 4.90 Å². The van der Waals surface area contributed by atoms with Crippen molar-refractivity contribution in [2.75, 3.05) is 33.7 Å². The lowest BCUT2D eigenvalue weighted by Gasteiger charge is -2.25. The molecule has 1 fully saturated rings. The zero-order chi connectivity index (χ0) is 19.6. The van der Waals surface area contributed by atoms with Gasteiger partial charge in [-0.3, -0.25) is 9.59 Å². The van der Waals surface area contributed by atoms with E-state index in [1.807, 2.05) is 43.3 Å². The second kappa shape index (κ2) is 11.3. The van der Waals surface area contributed by atoms with E-state index in [0.29, 0.717) is 30.5 Å². The summed E-state index contributed by atoms with van der Waals surface area (Å²) in [6.07, 6.45) is 6.52. The molecule has 1 aromatic carbocycles. The van der Waals surface area contributed by atoms with Crippen molar-refractivity contribution >= 4 is 23.4 Å². The molecule has 1 aromatic rings. The summed E-state index contributed by atoms with van der Waals surface area (Å²) in [5, 5.41) is 3.51. The Morgan fingerprint density at radius 1 is 1.07 bits per heavy atom. The zero-order valence-corrected chi connectivity index (χ0v) is 17.3. The van der Waals surface area contributed by atoms with E-state index >= 15 is 0 Å². The van der Waals surface area contributed by atoms with Crippen molar-refractivity contribution in [3.8, 4) is 0 Å². The van der Waals surface area contributed by atoms with Gasteiger partial charge in [0.2, 0.25) is 11.8 Å². The lowest BCUT2D eigenvalue weighted by molar-refractivity contribution is -0.133. The van der Waals surface area contributed by atoms with Crippen molar-refractivity contribution in [3.63, 3.8) is 0 Å². The fraction of sp³-hybridized carbons (Fsp3) is 0.619. The van der Waals surface area contributed by atoms with Crippen LogP contribution >= 0.6 is 11.6 Å². The molecule has 1 saturated carbocycles. The summed E-state index contributed by atoms with van der Waals surface area (Å²) in [5.41, 5.74) is 1.03.